The van der Waals surface area contributed by atoms with E-state index in [9.17, 15) is 22.8 Å². The van der Waals surface area contributed by atoms with Crippen molar-refractivity contribution in [3.63, 3.8) is 0 Å². The van der Waals surface area contributed by atoms with E-state index in [-0.39, 0.29) is 30.6 Å². The van der Waals surface area contributed by atoms with E-state index in [4.69, 9.17) is 4.74 Å². The molecule has 1 saturated heterocycles. The summed E-state index contributed by atoms with van der Waals surface area (Å²) in [6, 6.07) is 12.2. The highest BCUT2D eigenvalue weighted by Gasteiger charge is 2.31. The summed E-state index contributed by atoms with van der Waals surface area (Å²) < 4.78 is 44.1. The van der Waals surface area contributed by atoms with Crippen molar-refractivity contribution in [2.45, 2.75) is 25.6 Å². The van der Waals surface area contributed by atoms with Crippen molar-refractivity contribution in [1.82, 2.24) is 15.2 Å². The minimum absolute atomic E-state index is 0.0166. The Balaban J connectivity index is 1.34. The molecule has 0 unspecified atom stereocenters. The SMILES string of the molecule is COc1ccccc1Nc1nc(C(=O)N2CCC[C@@H](C(=O)NCc3cccc(C(F)(F)F)c3)C2)cs1. The molecule has 0 radical (unpaired) electrons. The molecule has 0 saturated carbocycles. The monoisotopic (exact) mass is 518 g/mol. The summed E-state index contributed by atoms with van der Waals surface area (Å²) in [7, 11) is 1.57. The Labute approximate surface area is 210 Å². The van der Waals surface area contributed by atoms with Crippen molar-refractivity contribution in [2.24, 2.45) is 5.92 Å². The van der Waals surface area contributed by atoms with Gasteiger partial charge in [0.25, 0.3) is 5.91 Å². The molecular formula is C25H25F3N4O3S. The number of thiazole rings is 1. The van der Waals surface area contributed by atoms with E-state index in [1.54, 1.807) is 17.4 Å². The van der Waals surface area contributed by atoms with Crippen molar-refractivity contribution in [3.8, 4) is 5.75 Å². The summed E-state index contributed by atoms with van der Waals surface area (Å²) in [5, 5.41) is 8.06. The number of carbonyl (C=O) groups is 2. The molecule has 1 aliphatic heterocycles. The number of anilines is 2. The molecule has 4 rings (SSSR count). The highest BCUT2D eigenvalue weighted by Crippen LogP contribution is 2.30. The molecule has 11 heteroatoms. The molecule has 1 atom stereocenters. The van der Waals surface area contributed by atoms with Gasteiger partial charge in [0.2, 0.25) is 5.91 Å². The van der Waals surface area contributed by atoms with Gasteiger partial charge in [-0.25, -0.2) is 4.98 Å². The Morgan fingerprint density at radius 3 is 2.78 bits per heavy atom. The van der Waals surface area contributed by atoms with E-state index >= 15 is 0 Å². The second-order valence-electron chi connectivity index (χ2n) is 8.37. The fraction of sp³-hybridized carbons (Fsp3) is 0.320. The number of piperidine rings is 1. The number of hydrogen-bond donors (Lipinski definition) is 2. The minimum Gasteiger partial charge on any atom is -0.495 e. The second-order valence-corrected chi connectivity index (χ2v) is 9.23. The first-order valence-corrected chi connectivity index (χ1v) is 12.2. The maximum Gasteiger partial charge on any atom is 0.416 e. The summed E-state index contributed by atoms with van der Waals surface area (Å²) >= 11 is 1.29. The predicted molar refractivity (Wildman–Crippen MR) is 130 cm³/mol. The largest absolute Gasteiger partial charge is 0.495 e. The summed E-state index contributed by atoms with van der Waals surface area (Å²) in [5.41, 5.74) is 0.609. The fourth-order valence-electron chi connectivity index (χ4n) is 4.02. The first-order valence-electron chi connectivity index (χ1n) is 11.3. The lowest BCUT2D eigenvalue weighted by Gasteiger charge is -2.31. The summed E-state index contributed by atoms with van der Waals surface area (Å²) in [5.74, 6) is -0.356. The molecule has 1 aromatic heterocycles. The van der Waals surface area contributed by atoms with Gasteiger partial charge in [0.05, 0.1) is 24.3 Å². The van der Waals surface area contributed by atoms with Gasteiger partial charge in [0.1, 0.15) is 11.4 Å². The highest BCUT2D eigenvalue weighted by atomic mass is 32.1. The van der Waals surface area contributed by atoms with Crippen LogP contribution in [0.15, 0.2) is 53.9 Å². The average Bonchev–Trinajstić information content (AvgIpc) is 3.35. The molecule has 0 spiro atoms. The molecule has 7 nitrogen and oxygen atoms in total. The van der Waals surface area contributed by atoms with E-state index < -0.39 is 17.7 Å². The number of rotatable bonds is 7. The van der Waals surface area contributed by atoms with E-state index in [1.807, 2.05) is 24.3 Å². The van der Waals surface area contributed by atoms with Crippen molar-refractivity contribution < 1.29 is 27.5 Å². The first-order chi connectivity index (χ1) is 17.2. The van der Waals surface area contributed by atoms with Crippen LogP contribution < -0.4 is 15.4 Å². The topological polar surface area (TPSA) is 83.6 Å². The zero-order chi connectivity index (χ0) is 25.7. The molecule has 0 aliphatic carbocycles. The molecule has 0 bridgehead atoms. The molecule has 190 valence electrons. The van der Waals surface area contributed by atoms with Crippen molar-refractivity contribution in [2.75, 3.05) is 25.5 Å². The Kier molecular flexibility index (Phi) is 7.78. The number of para-hydroxylation sites is 2. The summed E-state index contributed by atoms with van der Waals surface area (Å²) in [4.78, 5) is 31.8. The number of amides is 2. The van der Waals surface area contributed by atoms with Crippen molar-refractivity contribution in [3.05, 3.63) is 70.7 Å². The third-order valence-corrected chi connectivity index (χ3v) is 6.63. The quantitative estimate of drug-likeness (QED) is 0.456. The Morgan fingerprint density at radius 2 is 2.00 bits per heavy atom. The van der Waals surface area contributed by atoms with E-state index in [2.05, 4.69) is 15.6 Å². The van der Waals surface area contributed by atoms with E-state index in [0.29, 0.717) is 35.8 Å². The maximum atomic E-state index is 13.0. The first kappa shape index (κ1) is 25.5. The van der Waals surface area contributed by atoms with Gasteiger partial charge in [-0.1, -0.05) is 24.3 Å². The lowest BCUT2D eigenvalue weighted by Crippen LogP contribution is -2.45. The third-order valence-electron chi connectivity index (χ3n) is 5.87. The normalized spacial score (nSPS) is 15.9. The van der Waals surface area contributed by atoms with Crippen LogP contribution in [0.2, 0.25) is 0 Å². The number of alkyl halides is 3. The number of aromatic nitrogens is 1. The van der Waals surface area contributed by atoms with Gasteiger partial charge in [0.15, 0.2) is 5.13 Å². The van der Waals surface area contributed by atoms with Gasteiger partial charge < -0.3 is 20.3 Å². The maximum absolute atomic E-state index is 13.0. The number of ether oxygens (including phenoxy) is 1. The van der Waals surface area contributed by atoms with Crippen molar-refractivity contribution >= 4 is 34.0 Å². The number of hydrogen-bond acceptors (Lipinski definition) is 6. The second kappa shape index (κ2) is 11.0. The zero-order valence-electron chi connectivity index (χ0n) is 19.5. The highest BCUT2D eigenvalue weighted by molar-refractivity contribution is 7.14. The average molecular weight is 519 g/mol. The number of benzene rings is 2. The molecule has 2 N–H and O–H groups in total. The van der Waals surface area contributed by atoms with Gasteiger partial charge >= 0.3 is 6.18 Å². The summed E-state index contributed by atoms with van der Waals surface area (Å²) in [6.45, 7) is 0.709. The molecule has 1 aliphatic rings. The van der Waals surface area contributed by atoms with E-state index in [1.165, 1.54) is 23.5 Å². The van der Waals surface area contributed by atoms with Gasteiger partial charge in [0, 0.05) is 25.0 Å². The van der Waals surface area contributed by atoms with Crippen LogP contribution in [0, 0.1) is 5.92 Å². The van der Waals surface area contributed by atoms with Crippen LogP contribution in [0.1, 0.15) is 34.5 Å². The van der Waals surface area contributed by atoms with Crippen LogP contribution in [-0.2, 0) is 17.5 Å². The number of methoxy groups -OCH3 is 1. The minimum atomic E-state index is -4.44. The molecule has 2 aromatic carbocycles. The van der Waals surface area contributed by atoms with E-state index in [0.717, 1.165) is 17.8 Å². The van der Waals surface area contributed by atoms with Crippen LogP contribution in [0.5, 0.6) is 5.75 Å². The Morgan fingerprint density at radius 1 is 1.19 bits per heavy atom. The molecule has 2 amide bonds. The number of nitrogens with zero attached hydrogens (tertiary/aromatic N) is 2. The van der Waals surface area contributed by atoms with Crippen LogP contribution in [0.25, 0.3) is 0 Å². The van der Waals surface area contributed by atoms with Crippen molar-refractivity contribution in [1.29, 1.82) is 0 Å². The standard InChI is InChI=1S/C25H25F3N4O3S/c1-35-21-10-3-2-9-19(21)30-24-31-20(15-36-24)23(34)32-11-5-7-17(14-32)22(33)29-13-16-6-4-8-18(12-16)25(26,27)28/h2-4,6,8-10,12,15,17H,5,7,11,13-14H2,1H3,(H,29,33)(H,30,31)/t17-/m1/s1. The molecule has 3 aromatic rings. The zero-order valence-corrected chi connectivity index (χ0v) is 20.3. The number of likely N-dealkylation sites (tertiary alicyclic amines) is 1. The van der Waals surface area contributed by atoms with Crippen LogP contribution in [0.4, 0.5) is 24.0 Å². The smallest absolute Gasteiger partial charge is 0.416 e. The van der Waals surface area contributed by atoms with Crippen LogP contribution >= 0.6 is 11.3 Å². The van der Waals surface area contributed by atoms with Crippen LogP contribution in [0.3, 0.4) is 0 Å². The number of nitrogens with one attached hydrogen (secondary N) is 2. The molecule has 1 fully saturated rings. The van der Waals surface area contributed by atoms with Gasteiger partial charge in [-0.05, 0) is 42.7 Å². The van der Waals surface area contributed by atoms with Gasteiger partial charge in [-0.3, -0.25) is 9.59 Å². The lowest BCUT2D eigenvalue weighted by molar-refractivity contribution is -0.137. The molecular weight excluding hydrogens is 493 g/mol. The molecule has 2 heterocycles. The predicted octanol–water partition coefficient (Wildman–Crippen LogP) is 5.08. The Bertz CT molecular complexity index is 1230. The summed E-state index contributed by atoms with van der Waals surface area (Å²) in [6.07, 6.45) is -3.21. The lowest BCUT2D eigenvalue weighted by atomic mass is 9.96. The number of halogens is 3. The molecule has 36 heavy (non-hydrogen) atoms. The number of carbonyl (C=O) groups excluding carboxylic acids is 2. The van der Waals surface area contributed by atoms with Gasteiger partial charge in [-0.2, -0.15) is 13.2 Å². The van der Waals surface area contributed by atoms with Crippen LogP contribution in [-0.4, -0.2) is 41.9 Å². The Hall–Kier alpha value is -3.60. The third kappa shape index (κ3) is 6.14. The van der Waals surface area contributed by atoms with Gasteiger partial charge in [-0.15, -0.1) is 11.3 Å². The fourth-order valence-corrected chi connectivity index (χ4v) is 4.72.